The van der Waals surface area contributed by atoms with Crippen LogP contribution < -0.4 is 0 Å². The highest BCUT2D eigenvalue weighted by molar-refractivity contribution is 5.84. The fourth-order valence-corrected chi connectivity index (χ4v) is 3.42. The van der Waals surface area contributed by atoms with E-state index >= 15 is 0 Å². The molecule has 1 aliphatic rings. The summed E-state index contributed by atoms with van der Waals surface area (Å²) in [7, 11) is 2.24. The molecule has 2 atom stereocenters. The summed E-state index contributed by atoms with van der Waals surface area (Å²) in [5.74, 6) is 0. The summed E-state index contributed by atoms with van der Waals surface area (Å²) in [6.45, 7) is 3.09. The number of likely N-dealkylation sites (N-methyl/N-ethyl adjacent to an activating group) is 1. The Bertz CT molecular complexity index is 602. The summed E-state index contributed by atoms with van der Waals surface area (Å²) in [4.78, 5) is 5.88. The smallest absolute Gasteiger partial charge is 0.0515 e. The van der Waals surface area contributed by atoms with Gasteiger partial charge in [-0.15, -0.1) is 0 Å². The van der Waals surface area contributed by atoms with Crippen LogP contribution in [0.3, 0.4) is 0 Å². The molecule has 0 radical (unpaired) electrons. The van der Waals surface area contributed by atoms with Gasteiger partial charge in [0.25, 0.3) is 0 Å². The van der Waals surface area contributed by atoms with Crippen LogP contribution in [0.25, 0.3) is 10.9 Å². The van der Waals surface area contributed by atoms with Gasteiger partial charge in [0, 0.05) is 23.1 Å². The summed E-state index contributed by atoms with van der Waals surface area (Å²) in [6, 6.07) is 7.34. The Hall–Kier alpha value is -1.32. The Labute approximate surface area is 127 Å². The zero-order valence-electron chi connectivity index (χ0n) is 13.1. The maximum atomic E-state index is 9.45. The molecular formula is C18H26N2O. The Kier molecular flexibility index (Phi) is 4.32. The van der Waals surface area contributed by atoms with Crippen molar-refractivity contribution >= 4 is 10.9 Å². The van der Waals surface area contributed by atoms with E-state index in [0.29, 0.717) is 6.04 Å². The van der Waals surface area contributed by atoms with Crippen molar-refractivity contribution in [2.45, 2.75) is 51.2 Å². The summed E-state index contributed by atoms with van der Waals surface area (Å²) < 4.78 is 0. The number of hydrogen-bond donors (Lipinski definition) is 2. The third-order valence-electron chi connectivity index (χ3n) is 4.81. The van der Waals surface area contributed by atoms with Crippen LogP contribution in [0, 0.1) is 0 Å². The Morgan fingerprint density at radius 3 is 3.00 bits per heavy atom. The van der Waals surface area contributed by atoms with Crippen molar-refractivity contribution in [3.8, 4) is 0 Å². The molecule has 0 amide bonds. The van der Waals surface area contributed by atoms with Crippen LogP contribution in [0.15, 0.2) is 24.4 Å². The zero-order valence-corrected chi connectivity index (χ0v) is 13.1. The van der Waals surface area contributed by atoms with Crippen molar-refractivity contribution in [2.24, 2.45) is 0 Å². The van der Waals surface area contributed by atoms with E-state index in [-0.39, 0.29) is 6.10 Å². The van der Waals surface area contributed by atoms with Crippen LogP contribution in [0.2, 0.25) is 0 Å². The van der Waals surface area contributed by atoms with Crippen LogP contribution in [0.5, 0.6) is 0 Å². The predicted molar refractivity (Wildman–Crippen MR) is 87.7 cm³/mol. The monoisotopic (exact) mass is 286 g/mol. The van der Waals surface area contributed by atoms with Crippen LogP contribution in [0.1, 0.15) is 37.3 Å². The van der Waals surface area contributed by atoms with Crippen LogP contribution in [-0.4, -0.2) is 40.7 Å². The second kappa shape index (κ2) is 6.20. The van der Waals surface area contributed by atoms with Gasteiger partial charge in [-0.05, 0) is 75.9 Å². The molecule has 0 spiro atoms. The highest BCUT2D eigenvalue weighted by Crippen LogP contribution is 2.26. The van der Waals surface area contributed by atoms with Crippen molar-refractivity contribution in [3.05, 3.63) is 35.5 Å². The van der Waals surface area contributed by atoms with Gasteiger partial charge in [0.15, 0.2) is 0 Å². The maximum Gasteiger partial charge on any atom is 0.0515 e. The maximum absolute atomic E-state index is 9.45. The number of H-pyrrole nitrogens is 1. The second-order valence-electron chi connectivity index (χ2n) is 6.56. The SMILES string of the molecule is CC(O)CCc1ccc2[nH]cc(CC3CCCN3C)c2c1. The second-order valence-corrected chi connectivity index (χ2v) is 6.56. The highest BCUT2D eigenvalue weighted by Gasteiger charge is 2.22. The van der Waals surface area contributed by atoms with Crippen molar-refractivity contribution in [2.75, 3.05) is 13.6 Å². The molecule has 1 aliphatic heterocycles. The standard InChI is InChI=1S/C18H26N2O/c1-13(21)5-6-14-7-8-18-17(10-14)15(12-19-18)11-16-4-3-9-20(16)2/h7-8,10,12-13,16,19,21H,3-6,9,11H2,1-2H3. The number of aliphatic hydroxyl groups is 1. The van der Waals surface area contributed by atoms with Gasteiger partial charge in [-0.25, -0.2) is 0 Å². The third-order valence-corrected chi connectivity index (χ3v) is 4.81. The number of nitrogens with one attached hydrogen (secondary N) is 1. The van der Waals surface area contributed by atoms with Crippen LogP contribution in [-0.2, 0) is 12.8 Å². The van der Waals surface area contributed by atoms with E-state index < -0.39 is 0 Å². The number of fused-ring (bicyclic) bond motifs is 1. The van der Waals surface area contributed by atoms with Gasteiger partial charge in [0.05, 0.1) is 6.10 Å². The molecule has 114 valence electrons. The van der Waals surface area contributed by atoms with E-state index in [1.54, 1.807) is 0 Å². The molecule has 2 aromatic rings. The molecule has 3 heteroatoms. The van der Waals surface area contributed by atoms with Gasteiger partial charge in [-0.3, -0.25) is 0 Å². The fraction of sp³-hybridized carbons (Fsp3) is 0.556. The number of rotatable bonds is 5. The van der Waals surface area contributed by atoms with E-state index in [2.05, 4.69) is 41.3 Å². The Morgan fingerprint density at radius 2 is 2.29 bits per heavy atom. The van der Waals surface area contributed by atoms with E-state index in [1.165, 1.54) is 41.4 Å². The first kappa shape index (κ1) is 14.6. The summed E-state index contributed by atoms with van der Waals surface area (Å²) in [6.07, 6.45) is 7.50. The minimum Gasteiger partial charge on any atom is -0.393 e. The van der Waals surface area contributed by atoms with Crippen LogP contribution in [0.4, 0.5) is 0 Å². The summed E-state index contributed by atoms with van der Waals surface area (Å²) in [5, 5.41) is 10.8. The molecule has 0 saturated carbocycles. The van der Waals surface area contributed by atoms with Crippen molar-refractivity contribution in [3.63, 3.8) is 0 Å². The minimum absolute atomic E-state index is 0.224. The van der Waals surface area contributed by atoms with Crippen molar-refractivity contribution < 1.29 is 5.11 Å². The number of aromatic amines is 1. The van der Waals surface area contributed by atoms with Gasteiger partial charge < -0.3 is 15.0 Å². The van der Waals surface area contributed by atoms with Crippen molar-refractivity contribution in [1.82, 2.24) is 9.88 Å². The number of hydrogen-bond acceptors (Lipinski definition) is 2. The van der Waals surface area contributed by atoms with Gasteiger partial charge in [-0.2, -0.15) is 0 Å². The largest absolute Gasteiger partial charge is 0.393 e. The van der Waals surface area contributed by atoms with Gasteiger partial charge >= 0.3 is 0 Å². The van der Waals surface area contributed by atoms with E-state index in [1.807, 2.05) is 6.92 Å². The molecule has 0 aliphatic carbocycles. The van der Waals surface area contributed by atoms with E-state index in [4.69, 9.17) is 0 Å². The van der Waals surface area contributed by atoms with Gasteiger partial charge in [-0.1, -0.05) is 6.07 Å². The molecule has 2 unspecified atom stereocenters. The molecule has 1 aromatic heterocycles. The molecule has 1 fully saturated rings. The van der Waals surface area contributed by atoms with Crippen molar-refractivity contribution in [1.29, 1.82) is 0 Å². The average Bonchev–Trinajstić information content (AvgIpc) is 3.04. The highest BCUT2D eigenvalue weighted by atomic mass is 16.3. The molecular weight excluding hydrogens is 260 g/mol. The van der Waals surface area contributed by atoms with Gasteiger partial charge in [0.1, 0.15) is 0 Å². The lowest BCUT2D eigenvalue weighted by molar-refractivity contribution is 0.185. The molecule has 3 rings (SSSR count). The molecule has 2 heterocycles. The topological polar surface area (TPSA) is 39.3 Å². The molecule has 1 aromatic carbocycles. The molecule has 2 N–H and O–H groups in total. The Morgan fingerprint density at radius 1 is 1.43 bits per heavy atom. The predicted octanol–water partition coefficient (Wildman–Crippen LogP) is 3.12. The lowest BCUT2D eigenvalue weighted by Gasteiger charge is -2.18. The van der Waals surface area contributed by atoms with Crippen LogP contribution >= 0.6 is 0 Å². The number of aryl methyl sites for hydroxylation is 1. The molecule has 0 bridgehead atoms. The third kappa shape index (κ3) is 3.30. The normalized spacial score (nSPS) is 21.2. The first-order valence-electron chi connectivity index (χ1n) is 8.10. The number of likely N-dealkylation sites (tertiary alicyclic amines) is 1. The number of nitrogens with zero attached hydrogens (tertiary/aromatic N) is 1. The average molecular weight is 286 g/mol. The lowest BCUT2D eigenvalue weighted by atomic mass is 10.00. The number of benzene rings is 1. The minimum atomic E-state index is -0.224. The van der Waals surface area contributed by atoms with E-state index in [9.17, 15) is 5.11 Å². The quantitative estimate of drug-likeness (QED) is 0.886. The first-order valence-corrected chi connectivity index (χ1v) is 8.10. The number of aromatic nitrogens is 1. The first-order chi connectivity index (χ1) is 10.1. The summed E-state index contributed by atoms with van der Waals surface area (Å²) in [5.41, 5.74) is 3.98. The van der Waals surface area contributed by atoms with E-state index in [0.717, 1.165) is 19.3 Å². The lowest BCUT2D eigenvalue weighted by Crippen LogP contribution is -2.26. The molecule has 1 saturated heterocycles. The fourth-order valence-electron chi connectivity index (χ4n) is 3.42. The zero-order chi connectivity index (χ0) is 14.8. The molecule has 21 heavy (non-hydrogen) atoms. The molecule has 3 nitrogen and oxygen atoms in total. The number of aliphatic hydroxyl groups excluding tert-OH is 1. The Balaban J connectivity index is 1.80. The summed E-state index contributed by atoms with van der Waals surface area (Å²) >= 11 is 0. The van der Waals surface area contributed by atoms with Gasteiger partial charge in [0.2, 0.25) is 0 Å².